The second-order valence-electron chi connectivity index (χ2n) is 4.57. The van der Waals surface area contributed by atoms with Crippen LogP contribution in [0.5, 0.6) is 0 Å². The third kappa shape index (κ3) is 3.37. The SMILES string of the molecule is Cc1ccc(CCC(N)c2cncc(F)c2)cc1. The first-order valence-corrected chi connectivity index (χ1v) is 6.07. The topological polar surface area (TPSA) is 38.9 Å². The molecule has 0 spiro atoms. The van der Waals surface area contributed by atoms with Crippen molar-refractivity contribution >= 4 is 0 Å². The summed E-state index contributed by atoms with van der Waals surface area (Å²) in [6.07, 6.45) is 4.49. The van der Waals surface area contributed by atoms with Gasteiger partial charge >= 0.3 is 0 Å². The summed E-state index contributed by atoms with van der Waals surface area (Å²) in [5, 5.41) is 0. The summed E-state index contributed by atoms with van der Waals surface area (Å²) in [7, 11) is 0. The highest BCUT2D eigenvalue weighted by atomic mass is 19.1. The Balaban J connectivity index is 1.96. The van der Waals surface area contributed by atoms with Gasteiger partial charge in [0.25, 0.3) is 0 Å². The van der Waals surface area contributed by atoms with Crippen LogP contribution in [0.2, 0.25) is 0 Å². The summed E-state index contributed by atoms with van der Waals surface area (Å²) in [4.78, 5) is 3.82. The predicted molar refractivity (Wildman–Crippen MR) is 70.6 cm³/mol. The van der Waals surface area contributed by atoms with Crippen LogP contribution in [0.15, 0.2) is 42.7 Å². The van der Waals surface area contributed by atoms with Crippen LogP contribution in [-0.4, -0.2) is 4.98 Å². The van der Waals surface area contributed by atoms with E-state index in [0.717, 1.165) is 18.4 Å². The molecule has 0 saturated heterocycles. The second kappa shape index (κ2) is 5.74. The fraction of sp³-hybridized carbons (Fsp3) is 0.267. The molecule has 1 aromatic heterocycles. The lowest BCUT2D eigenvalue weighted by molar-refractivity contribution is 0.601. The number of benzene rings is 1. The standard InChI is InChI=1S/C15H17FN2/c1-11-2-4-12(5-3-11)6-7-15(17)13-8-14(16)10-18-9-13/h2-5,8-10,15H,6-7,17H2,1H3. The number of nitrogens with zero attached hydrogens (tertiary/aromatic N) is 1. The Labute approximate surface area is 107 Å². The zero-order chi connectivity index (χ0) is 13.0. The molecule has 0 amide bonds. The zero-order valence-electron chi connectivity index (χ0n) is 10.4. The van der Waals surface area contributed by atoms with E-state index in [0.29, 0.717) is 0 Å². The number of aryl methyl sites for hydroxylation is 2. The molecule has 94 valence electrons. The number of nitrogens with two attached hydrogens (primary N) is 1. The van der Waals surface area contributed by atoms with Gasteiger partial charge in [0.15, 0.2) is 0 Å². The van der Waals surface area contributed by atoms with E-state index in [1.165, 1.54) is 23.4 Å². The van der Waals surface area contributed by atoms with E-state index in [-0.39, 0.29) is 11.9 Å². The van der Waals surface area contributed by atoms with Crippen LogP contribution in [0.4, 0.5) is 4.39 Å². The second-order valence-corrected chi connectivity index (χ2v) is 4.57. The first-order valence-electron chi connectivity index (χ1n) is 6.07. The van der Waals surface area contributed by atoms with E-state index in [1.807, 2.05) is 0 Å². The largest absolute Gasteiger partial charge is 0.324 e. The van der Waals surface area contributed by atoms with Crippen molar-refractivity contribution in [3.8, 4) is 0 Å². The van der Waals surface area contributed by atoms with E-state index >= 15 is 0 Å². The number of halogens is 1. The van der Waals surface area contributed by atoms with Gasteiger partial charge in [0.1, 0.15) is 5.82 Å². The van der Waals surface area contributed by atoms with Crippen LogP contribution in [0.1, 0.15) is 29.2 Å². The van der Waals surface area contributed by atoms with Crippen LogP contribution in [-0.2, 0) is 6.42 Å². The lowest BCUT2D eigenvalue weighted by Gasteiger charge is -2.11. The van der Waals surface area contributed by atoms with Gasteiger partial charge in [-0.1, -0.05) is 29.8 Å². The van der Waals surface area contributed by atoms with Crippen LogP contribution in [0.3, 0.4) is 0 Å². The maximum atomic E-state index is 13.0. The molecule has 0 bridgehead atoms. The average Bonchev–Trinajstić information content (AvgIpc) is 2.38. The third-order valence-electron chi connectivity index (χ3n) is 3.02. The summed E-state index contributed by atoms with van der Waals surface area (Å²) >= 11 is 0. The molecule has 0 aliphatic heterocycles. The molecule has 2 aromatic rings. The average molecular weight is 244 g/mol. The number of pyridine rings is 1. The number of hydrogen-bond acceptors (Lipinski definition) is 2. The minimum atomic E-state index is -0.335. The molecule has 0 aliphatic rings. The van der Waals surface area contributed by atoms with E-state index in [4.69, 9.17) is 5.73 Å². The van der Waals surface area contributed by atoms with Crippen molar-refractivity contribution in [2.24, 2.45) is 5.73 Å². The highest BCUT2D eigenvalue weighted by Gasteiger charge is 2.07. The Kier molecular flexibility index (Phi) is 4.05. The summed E-state index contributed by atoms with van der Waals surface area (Å²) in [6, 6.07) is 9.66. The fourth-order valence-electron chi connectivity index (χ4n) is 1.87. The fourth-order valence-corrected chi connectivity index (χ4v) is 1.87. The molecule has 0 fully saturated rings. The molecule has 0 radical (unpaired) electrons. The van der Waals surface area contributed by atoms with Crippen molar-refractivity contribution in [3.05, 3.63) is 65.2 Å². The number of rotatable bonds is 4. The van der Waals surface area contributed by atoms with Gasteiger partial charge in [-0.25, -0.2) is 4.39 Å². The Hall–Kier alpha value is -1.74. The predicted octanol–water partition coefficient (Wildman–Crippen LogP) is 3.16. The van der Waals surface area contributed by atoms with Gasteiger partial charge in [-0.2, -0.15) is 0 Å². The molecule has 1 atom stereocenters. The molecule has 2 nitrogen and oxygen atoms in total. The van der Waals surface area contributed by atoms with Gasteiger partial charge in [-0.15, -0.1) is 0 Å². The Bertz CT molecular complexity index is 508. The van der Waals surface area contributed by atoms with Crippen molar-refractivity contribution < 1.29 is 4.39 Å². The molecule has 1 heterocycles. The van der Waals surface area contributed by atoms with Gasteiger partial charge in [-0.05, 0) is 37.0 Å². The Morgan fingerprint density at radius 2 is 1.94 bits per heavy atom. The van der Waals surface area contributed by atoms with Crippen molar-refractivity contribution in [2.75, 3.05) is 0 Å². The van der Waals surface area contributed by atoms with E-state index < -0.39 is 0 Å². The van der Waals surface area contributed by atoms with Crippen LogP contribution >= 0.6 is 0 Å². The third-order valence-corrected chi connectivity index (χ3v) is 3.02. The van der Waals surface area contributed by atoms with Crippen molar-refractivity contribution in [1.82, 2.24) is 4.98 Å². The molecule has 2 N–H and O–H groups in total. The normalized spacial score (nSPS) is 12.4. The monoisotopic (exact) mass is 244 g/mol. The molecule has 18 heavy (non-hydrogen) atoms. The first-order chi connectivity index (χ1) is 8.65. The van der Waals surface area contributed by atoms with Gasteiger partial charge < -0.3 is 5.73 Å². The van der Waals surface area contributed by atoms with Crippen LogP contribution in [0, 0.1) is 12.7 Å². The van der Waals surface area contributed by atoms with E-state index in [9.17, 15) is 4.39 Å². The number of aromatic nitrogens is 1. The summed E-state index contributed by atoms with van der Waals surface area (Å²) in [5.41, 5.74) is 9.28. The Morgan fingerprint density at radius 3 is 2.61 bits per heavy atom. The van der Waals surface area contributed by atoms with Crippen molar-refractivity contribution in [3.63, 3.8) is 0 Å². The molecule has 1 unspecified atom stereocenters. The Morgan fingerprint density at radius 1 is 1.22 bits per heavy atom. The molecule has 0 saturated carbocycles. The van der Waals surface area contributed by atoms with Gasteiger partial charge in [-0.3, -0.25) is 4.98 Å². The first kappa shape index (κ1) is 12.7. The molecule has 2 rings (SSSR count). The highest BCUT2D eigenvalue weighted by Crippen LogP contribution is 2.17. The molecule has 3 heteroatoms. The molecular weight excluding hydrogens is 227 g/mol. The zero-order valence-corrected chi connectivity index (χ0v) is 10.4. The summed E-state index contributed by atoms with van der Waals surface area (Å²) < 4.78 is 13.0. The highest BCUT2D eigenvalue weighted by molar-refractivity contribution is 5.22. The van der Waals surface area contributed by atoms with Gasteiger partial charge in [0.05, 0.1) is 6.20 Å². The lowest BCUT2D eigenvalue weighted by atomic mass is 10.0. The summed E-state index contributed by atoms with van der Waals surface area (Å²) in [5.74, 6) is -0.335. The molecule has 1 aromatic carbocycles. The van der Waals surface area contributed by atoms with Crippen molar-refractivity contribution in [1.29, 1.82) is 0 Å². The maximum Gasteiger partial charge on any atom is 0.141 e. The van der Waals surface area contributed by atoms with E-state index in [1.54, 1.807) is 6.20 Å². The maximum absolute atomic E-state index is 13.0. The molecular formula is C15H17FN2. The van der Waals surface area contributed by atoms with Crippen molar-refractivity contribution in [2.45, 2.75) is 25.8 Å². The lowest BCUT2D eigenvalue weighted by Crippen LogP contribution is -2.12. The quantitative estimate of drug-likeness (QED) is 0.897. The van der Waals surface area contributed by atoms with Gasteiger partial charge in [0.2, 0.25) is 0 Å². The van der Waals surface area contributed by atoms with Gasteiger partial charge in [0, 0.05) is 12.2 Å². The minimum absolute atomic E-state index is 0.172. The smallest absolute Gasteiger partial charge is 0.141 e. The summed E-state index contributed by atoms with van der Waals surface area (Å²) in [6.45, 7) is 2.06. The van der Waals surface area contributed by atoms with E-state index in [2.05, 4.69) is 36.2 Å². The van der Waals surface area contributed by atoms with Crippen LogP contribution in [0.25, 0.3) is 0 Å². The minimum Gasteiger partial charge on any atom is -0.324 e. The molecule has 0 aliphatic carbocycles. The number of hydrogen-bond donors (Lipinski definition) is 1. The van der Waals surface area contributed by atoms with Crippen LogP contribution < -0.4 is 5.73 Å².